The number of likely N-dealkylation sites (tertiary alicyclic amines) is 1. The van der Waals surface area contributed by atoms with Crippen molar-refractivity contribution in [3.05, 3.63) is 0 Å². The minimum Gasteiger partial charge on any atom is -0.469 e. The number of carbonyl (C=O) groups excluding carboxylic acids is 3. The van der Waals surface area contributed by atoms with Crippen molar-refractivity contribution >= 4 is 17.8 Å². The van der Waals surface area contributed by atoms with Crippen molar-refractivity contribution in [3.63, 3.8) is 0 Å². The first-order chi connectivity index (χ1) is 7.09. The predicted octanol–water partition coefficient (Wildman–Crippen LogP) is 0.231. The minimum absolute atomic E-state index is 0.140. The largest absolute Gasteiger partial charge is 0.469 e. The highest BCUT2D eigenvalue weighted by atomic mass is 16.5. The Hall–Kier alpha value is -1.39. The molecule has 0 bridgehead atoms. The summed E-state index contributed by atoms with van der Waals surface area (Å²) in [6.07, 6.45) is 2.14. The topological polar surface area (TPSA) is 63.7 Å². The predicted molar refractivity (Wildman–Crippen MR) is 49.7 cm³/mol. The Morgan fingerprint density at radius 3 is 2.27 bits per heavy atom. The van der Waals surface area contributed by atoms with Gasteiger partial charge in [0.1, 0.15) is 0 Å². The van der Waals surface area contributed by atoms with Crippen LogP contribution in [0, 0.1) is 0 Å². The molecule has 2 amide bonds. The van der Waals surface area contributed by atoms with Gasteiger partial charge in [0.25, 0.3) is 0 Å². The molecule has 2 aliphatic rings. The van der Waals surface area contributed by atoms with Gasteiger partial charge in [0, 0.05) is 12.8 Å². The molecule has 1 aliphatic heterocycles. The van der Waals surface area contributed by atoms with E-state index in [0.717, 1.165) is 12.8 Å². The normalized spacial score (nSPS) is 23.1. The third kappa shape index (κ3) is 1.62. The van der Waals surface area contributed by atoms with Crippen LogP contribution in [0.4, 0.5) is 0 Å². The average Bonchev–Trinajstić information content (AvgIpc) is 2.87. The van der Waals surface area contributed by atoms with Gasteiger partial charge in [0.2, 0.25) is 11.8 Å². The van der Waals surface area contributed by atoms with Gasteiger partial charge in [-0.05, 0) is 12.8 Å². The van der Waals surface area contributed by atoms with Crippen LogP contribution in [0.5, 0.6) is 0 Å². The fraction of sp³-hybridized carbons (Fsp3) is 0.700. The van der Waals surface area contributed by atoms with Crippen LogP contribution in [-0.4, -0.2) is 35.3 Å². The summed E-state index contributed by atoms with van der Waals surface area (Å²) < 4.78 is 4.57. The van der Waals surface area contributed by atoms with E-state index >= 15 is 0 Å². The number of hydrogen-bond acceptors (Lipinski definition) is 4. The molecule has 0 aromatic heterocycles. The summed E-state index contributed by atoms with van der Waals surface area (Å²) in [5.41, 5.74) is -0.544. The summed E-state index contributed by atoms with van der Waals surface area (Å²) in [5, 5.41) is 0. The molecule has 1 saturated carbocycles. The van der Waals surface area contributed by atoms with Crippen molar-refractivity contribution in [2.75, 3.05) is 7.11 Å². The highest BCUT2D eigenvalue weighted by Gasteiger charge is 2.55. The number of carbonyl (C=O) groups is 3. The standard InChI is InChI=1S/C10H13NO4/c1-15-9(14)6-10(4-5-10)11-7(12)2-3-8(11)13/h2-6H2,1H3. The molecule has 15 heavy (non-hydrogen) atoms. The maximum Gasteiger partial charge on any atom is 0.307 e. The molecular weight excluding hydrogens is 198 g/mol. The summed E-state index contributed by atoms with van der Waals surface area (Å²) in [7, 11) is 1.31. The quantitative estimate of drug-likeness (QED) is 0.495. The lowest BCUT2D eigenvalue weighted by Gasteiger charge is -2.24. The highest BCUT2D eigenvalue weighted by Crippen LogP contribution is 2.47. The summed E-state index contributed by atoms with van der Waals surface area (Å²) in [5.74, 6) is -0.664. The summed E-state index contributed by atoms with van der Waals surface area (Å²) >= 11 is 0. The maximum atomic E-state index is 11.5. The zero-order valence-electron chi connectivity index (χ0n) is 8.62. The van der Waals surface area contributed by atoms with E-state index in [2.05, 4.69) is 4.74 Å². The molecule has 82 valence electrons. The van der Waals surface area contributed by atoms with Gasteiger partial charge in [-0.2, -0.15) is 0 Å². The second kappa shape index (κ2) is 3.32. The third-order valence-corrected chi connectivity index (χ3v) is 3.05. The first-order valence-electron chi connectivity index (χ1n) is 5.02. The average molecular weight is 211 g/mol. The lowest BCUT2D eigenvalue weighted by Crippen LogP contribution is -2.42. The molecule has 2 fully saturated rings. The van der Waals surface area contributed by atoms with Crippen LogP contribution in [0.3, 0.4) is 0 Å². The molecular formula is C10H13NO4. The highest BCUT2D eigenvalue weighted by molar-refractivity contribution is 6.03. The summed E-state index contributed by atoms with van der Waals surface area (Å²) in [6, 6.07) is 0. The molecule has 0 N–H and O–H groups in total. The lowest BCUT2D eigenvalue weighted by atomic mass is 10.1. The van der Waals surface area contributed by atoms with Crippen LogP contribution in [0.2, 0.25) is 0 Å². The maximum absolute atomic E-state index is 11.5. The van der Waals surface area contributed by atoms with Gasteiger partial charge >= 0.3 is 5.97 Å². The Balaban J connectivity index is 2.12. The molecule has 0 spiro atoms. The first-order valence-corrected chi connectivity index (χ1v) is 5.02. The van der Waals surface area contributed by atoms with Crippen molar-refractivity contribution in [2.45, 2.75) is 37.6 Å². The van der Waals surface area contributed by atoms with Crippen LogP contribution < -0.4 is 0 Å². The molecule has 0 aromatic carbocycles. The van der Waals surface area contributed by atoms with E-state index in [9.17, 15) is 14.4 Å². The van der Waals surface area contributed by atoms with Crippen molar-refractivity contribution in [3.8, 4) is 0 Å². The lowest BCUT2D eigenvalue weighted by molar-refractivity contribution is -0.147. The second-order valence-electron chi connectivity index (χ2n) is 4.10. The molecule has 5 nitrogen and oxygen atoms in total. The van der Waals surface area contributed by atoms with Crippen LogP contribution >= 0.6 is 0 Å². The van der Waals surface area contributed by atoms with E-state index in [4.69, 9.17) is 0 Å². The number of amides is 2. The zero-order valence-corrected chi connectivity index (χ0v) is 8.62. The smallest absolute Gasteiger partial charge is 0.307 e. The van der Waals surface area contributed by atoms with Crippen molar-refractivity contribution in [1.29, 1.82) is 0 Å². The number of nitrogens with zero attached hydrogens (tertiary/aromatic N) is 1. The number of imide groups is 1. The van der Waals surface area contributed by atoms with E-state index in [1.54, 1.807) is 0 Å². The monoisotopic (exact) mass is 211 g/mol. The van der Waals surface area contributed by atoms with Gasteiger partial charge in [-0.3, -0.25) is 19.3 Å². The molecule has 1 saturated heterocycles. The molecule has 2 rings (SSSR count). The fourth-order valence-electron chi connectivity index (χ4n) is 2.07. The number of methoxy groups -OCH3 is 1. The van der Waals surface area contributed by atoms with E-state index in [-0.39, 0.29) is 37.0 Å². The van der Waals surface area contributed by atoms with Gasteiger partial charge in [-0.1, -0.05) is 0 Å². The van der Waals surface area contributed by atoms with Crippen LogP contribution in [0.25, 0.3) is 0 Å². The minimum atomic E-state index is -0.544. The van der Waals surface area contributed by atoms with E-state index in [1.165, 1.54) is 12.0 Å². The molecule has 0 atom stereocenters. The molecule has 1 heterocycles. The van der Waals surface area contributed by atoms with Crippen LogP contribution in [0.1, 0.15) is 32.1 Å². The Morgan fingerprint density at radius 1 is 1.33 bits per heavy atom. The number of esters is 1. The Morgan fingerprint density at radius 2 is 1.87 bits per heavy atom. The van der Waals surface area contributed by atoms with Gasteiger partial charge in [0.05, 0.1) is 19.1 Å². The Bertz CT molecular complexity index is 316. The molecule has 0 unspecified atom stereocenters. The number of hydrogen-bond donors (Lipinski definition) is 0. The fourth-order valence-corrected chi connectivity index (χ4v) is 2.07. The van der Waals surface area contributed by atoms with E-state index < -0.39 is 5.54 Å². The molecule has 0 aromatic rings. The van der Waals surface area contributed by atoms with E-state index in [1.807, 2.05) is 0 Å². The van der Waals surface area contributed by atoms with E-state index in [0.29, 0.717) is 0 Å². The number of ether oxygens (including phenoxy) is 1. The summed E-state index contributed by atoms with van der Waals surface area (Å²) in [6.45, 7) is 0. The molecule has 1 aliphatic carbocycles. The van der Waals surface area contributed by atoms with Gasteiger partial charge in [0.15, 0.2) is 0 Å². The molecule has 5 heteroatoms. The number of rotatable bonds is 3. The SMILES string of the molecule is COC(=O)CC1(N2C(=O)CCC2=O)CC1. The second-order valence-corrected chi connectivity index (χ2v) is 4.10. The third-order valence-electron chi connectivity index (χ3n) is 3.05. The Labute approximate surface area is 87.4 Å². The molecule has 0 radical (unpaired) electrons. The van der Waals surface area contributed by atoms with Gasteiger partial charge in [-0.15, -0.1) is 0 Å². The van der Waals surface area contributed by atoms with Crippen LogP contribution in [-0.2, 0) is 19.1 Å². The van der Waals surface area contributed by atoms with Crippen molar-refractivity contribution in [1.82, 2.24) is 4.90 Å². The van der Waals surface area contributed by atoms with Gasteiger partial charge < -0.3 is 4.74 Å². The van der Waals surface area contributed by atoms with Crippen LogP contribution in [0.15, 0.2) is 0 Å². The van der Waals surface area contributed by atoms with Gasteiger partial charge in [-0.25, -0.2) is 0 Å². The van der Waals surface area contributed by atoms with Crippen molar-refractivity contribution in [2.24, 2.45) is 0 Å². The summed E-state index contributed by atoms with van der Waals surface area (Å²) in [4.78, 5) is 35.4. The zero-order chi connectivity index (χ0) is 11.1. The first kappa shape index (κ1) is 10.1. The Kier molecular flexibility index (Phi) is 2.25. The van der Waals surface area contributed by atoms with Crippen molar-refractivity contribution < 1.29 is 19.1 Å².